The molecule has 0 spiro atoms. The highest BCUT2D eigenvalue weighted by atomic mass is 19.4. The van der Waals surface area contributed by atoms with Gasteiger partial charge in [-0.2, -0.15) is 0 Å². The number of carbonyl (C=O) groups excluding carboxylic acids is 1. The number of alkyl halides is 3. The molecule has 0 aromatic heterocycles. The maximum atomic E-state index is 12.4. The van der Waals surface area contributed by atoms with E-state index in [0.717, 1.165) is 0 Å². The molecule has 1 aromatic carbocycles. The first-order valence-corrected chi connectivity index (χ1v) is 7.85. The molecule has 2 N–H and O–H groups in total. The van der Waals surface area contributed by atoms with Gasteiger partial charge < -0.3 is 15.2 Å². The van der Waals surface area contributed by atoms with E-state index in [1.165, 1.54) is 18.2 Å². The standard InChI is InChI=1S/C17H25F3N2O3/c1-16(2,3)14(11-23)22(4)10-15(24)21-9-12-7-5-6-8-13(12)25-17(18,19)20/h5-8,14,23H,9-11H2,1-4H3,(H,21,24). The number of halogens is 3. The fraction of sp³-hybridized carbons (Fsp3) is 0.588. The zero-order valence-corrected chi connectivity index (χ0v) is 14.9. The molecule has 0 heterocycles. The predicted molar refractivity (Wildman–Crippen MR) is 87.9 cm³/mol. The van der Waals surface area contributed by atoms with Crippen LogP contribution in [0.3, 0.4) is 0 Å². The number of benzene rings is 1. The number of carbonyl (C=O) groups is 1. The summed E-state index contributed by atoms with van der Waals surface area (Å²) in [6, 6.07) is 5.42. The molecule has 1 aromatic rings. The molecule has 0 radical (unpaired) electrons. The summed E-state index contributed by atoms with van der Waals surface area (Å²) in [7, 11) is 1.71. The number of ether oxygens (including phenoxy) is 1. The summed E-state index contributed by atoms with van der Waals surface area (Å²) in [6.07, 6.45) is -4.79. The number of aliphatic hydroxyl groups is 1. The molecule has 25 heavy (non-hydrogen) atoms. The van der Waals surface area contributed by atoms with Crippen LogP contribution in [0.4, 0.5) is 13.2 Å². The molecule has 1 atom stereocenters. The number of likely N-dealkylation sites (N-methyl/N-ethyl adjacent to an activating group) is 1. The van der Waals surface area contributed by atoms with E-state index in [9.17, 15) is 23.1 Å². The second-order valence-electron chi connectivity index (χ2n) is 6.91. The normalized spacial score (nSPS) is 13.6. The summed E-state index contributed by atoms with van der Waals surface area (Å²) in [5.74, 6) is -0.696. The summed E-state index contributed by atoms with van der Waals surface area (Å²) in [5.41, 5.74) is 0.00191. The number of hydrogen-bond acceptors (Lipinski definition) is 4. The summed E-state index contributed by atoms with van der Waals surface area (Å²) in [6.45, 7) is 5.69. The van der Waals surface area contributed by atoms with Gasteiger partial charge in [-0.25, -0.2) is 0 Å². The van der Waals surface area contributed by atoms with E-state index in [-0.39, 0.29) is 48.4 Å². The molecule has 1 amide bonds. The minimum atomic E-state index is -4.79. The van der Waals surface area contributed by atoms with Crippen LogP contribution in [-0.2, 0) is 11.3 Å². The average molecular weight is 362 g/mol. The van der Waals surface area contributed by atoms with Gasteiger partial charge in [0.15, 0.2) is 0 Å². The lowest BCUT2D eigenvalue weighted by Crippen LogP contribution is -2.48. The van der Waals surface area contributed by atoms with Crippen LogP contribution >= 0.6 is 0 Å². The van der Waals surface area contributed by atoms with Crippen LogP contribution in [0.2, 0.25) is 0 Å². The molecular formula is C17H25F3N2O3. The highest BCUT2D eigenvalue weighted by molar-refractivity contribution is 5.78. The van der Waals surface area contributed by atoms with Crippen molar-refractivity contribution in [3.63, 3.8) is 0 Å². The first kappa shape index (κ1) is 21.2. The Balaban J connectivity index is 2.66. The van der Waals surface area contributed by atoms with Gasteiger partial charge in [0.2, 0.25) is 5.91 Å². The van der Waals surface area contributed by atoms with Crippen LogP contribution in [0.1, 0.15) is 26.3 Å². The Morgan fingerprint density at radius 2 is 1.88 bits per heavy atom. The first-order chi connectivity index (χ1) is 11.4. The van der Waals surface area contributed by atoms with E-state index in [1.807, 2.05) is 20.8 Å². The second kappa shape index (κ2) is 8.53. The minimum absolute atomic E-state index is 0.0186. The topological polar surface area (TPSA) is 61.8 Å². The zero-order valence-electron chi connectivity index (χ0n) is 14.9. The molecule has 0 aliphatic heterocycles. The molecule has 1 unspecified atom stereocenters. The summed E-state index contributed by atoms with van der Waals surface area (Å²) in [5, 5.41) is 12.1. The van der Waals surface area contributed by atoms with Crippen LogP contribution in [-0.4, -0.2) is 48.5 Å². The number of rotatable bonds is 7. The van der Waals surface area contributed by atoms with Gasteiger partial charge in [-0.15, -0.1) is 13.2 Å². The van der Waals surface area contributed by atoms with Crippen molar-refractivity contribution in [1.82, 2.24) is 10.2 Å². The fourth-order valence-electron chi connectivity index (χ4n) is 2.53. The van der Waals surface area contributed by atoms with Crippen molar-refractivity contribution in [2.24, 2.45) is 5.41 Å². The van der Waals surface area contributed by atoms with E-state index >= 15 is 0 Å². The van der Waals surface area contributed by atoms with Gasteiger partial charge in [0.1, 0.15) is 5.75 Å². The highest BCUT2D eigenvalue weighted by Gasteiger charge is 2.32. The van der Waals surface area contributed by atoms with Crippen molar-refractivity contribution < 1.29 is 27.8 Å². The molecule has 1 rings (SSSR count). The third-order valence-electron chi connectivity index (χ3n) is 3.77. The summed E-state index contributed by atoms with van der Waals surface area (Å²) in [4.78, 5) is 13.8. The van der Waals surface area contributed by atoms with Crippen LogP contribution in [0, 0.1) is 5.41 Å². The maximum Gasteiger partial charge on any atom is 0.573 e. The van der Waals surface area contributed by atoms with Gasteiger partial charge >= 0.3 is 6.36 Å². The fourth-order valence-corrected chi connectivity index (χ4v) is 2.53. The van der Waals surface area contributed by atoms with Crippen molar-refractivity contribution in [2.45, 2.75) is 39.7 Å². The molecule has 0 aliphatic carbocycles. The summed E-state index contributed by atoms with van der Waals surface area (Å²) >= 11 is 0. The van der Waals surface area contributed by atoms with Crippen LogP contribution in [0.5, 0.6) is 5.75 Å². The zero-order chi connectivity index (χ0) is 19.3. The summed E-state index contributed by atoms with van der Waals surface area (Å²) < 4.78 is 41.1. The Kier molecular flexibility index (Phi) is 7.25. The van der Waals surface area contributed by atoms with Crippen LogP contribution < -0.4 is 10.1 Å². The van der Waals surface area contributed by atoms with Crippen LogP contribution in [0.25, 0.3) is 0 Å². The maximum absolute atomic E-state index is 12.4. The predicted octanol–water partition coefficient (Wildman–Crippen LogP) is 2.54. The third kappa shape index (κ3) is 7.31. The molecule has 0 fully saturated rings. The monoisotopic (exact) mass is 362 g/mol. The van der Waals surface area contributed by atoms with Crippen LogP contribution in [0.15, 0.2) is 24.3 Å². The molecule has 8 heteroatoms. The SMILES string of the molecule is CN(CC(=O)NCc1ccccc1OC(F)(F)F)C(CO)C(C)(C)C. The Labute approximate surface area is 145 Å². The molecule has 0 aliphatic rings. The molecule has 142 valence electrons. The van der Waals surface area contributed by atoms with E-state index in [2.05, 4.69) is 10.1 Å². The van der Waals surface area contributed by atoms with Gasteiger partial charge in [0.05, 0.1) is 13.2 Å². The van der Waals surface area contributed by atoms with Crippen molar-refractivity contribution in [3.05, 3.63) is 29.8 Å². The molecule has 5 nitrogen and oxygen atoms in total. The number of nitrogens with one attached hydrogen (secondary N) is 1. The van der Waals surface area contributed by atoms with Gasteiger partial charge in [0, 0.05) is 18.2 Å². The number of hydrogen-bond donors (Lipinski definition) is 2. The van der Waals surface area contributed by atoms with Crippen molar-refractivity contribution in [3.8, 4) is 5.75 Å². The molecule has 0 saturated carbocycles. The number of aliphatic hydroxyl groups excluding tert-OH is 1. The molecule has 0 bridgehead atoms. The van der Waals surface area contributed by atoms with E-state index in [4.69, 9.17) is 0 Å². The third-order valence-corrected chi connectivity index (χ3v) is 3.77. The van der Waals surface area contributed by atoms with E-state index in [0.29, 0.717) is 0 Å². The Morgan fingerprint density at radius 3 is 2.40 bits per heavy atom. The first-order valence-electron chi connectivity index (χ1n) is 7.85. The average Bonchev–Trinajstić information content (AvgIpc) is 2.43. The second-order valence-corrected chi connectivity index (χ2v) is 6.91. The molecular weight excluding hydrogens is 337 g/mol. The van der Waals surface area contributed by atoms with Crippen molar-refractivity contribution in [1.29, 1.82) is 0 Å². The lowest BCUT2D eigenvalue weighted by atomic mass is 9.86. The van der Waals surface area contributed by atoms with Gasteiger partial charge in [0.25, 0.3) is 0 Å². The Morgan fingerprint density at radius 1 is 1.28 bits per heavy atom. The van der Waals surface area contributed by atoms with Gasteiger partial charge in [-0.3, -0.25) is 9.69 Å². The van der Waals surface area contributed by atoms with E-state index < -0.39 is 6.36 Å². The van der Waals surface area contributed by atoms with Gasteiger partial charge in [-0.05, 0) is 18.5 Å². The Hall–Kier alpha value is -1.80. The number of para-hydroxylation sites is 1. The minimum Gasteiger partial charge on any atom is -0.405 e. The molecule has 0 saturated heterocycles. The van der Waals surface area contributed by atoms with E-state index in [1.54, 1.807) is 18.0 Å². The number of amides is 1. The Bertz CT molecular complexity index is 571. The lowest BCUT2D eigenvalue weighted by Gasteiger charge is -2.36. The quantitative estimate of drug-likeness (QED) is 0.783. The largest absolute Gasteiger partial charge is 0.573 e. The number of nitrogens with zero attached hydrogens (tertiary/aromatic N) is 1. The van der Waals surface area contributed by atoms with Gasteiger partial charge in [-0.1, -0.05) is 39.0 Å². The smallest absolute Gasteiger partial charge is 0.405 e. The lowest BCUT2D eigenvalue weighted by molar-refractivity contribution is -0.274. The van der Waals surface area contributed by atoms with Crippen molar-refractivity contribution >= 4 is 5.91 Å². The highest BCUT2D eigenvalue weighted by Crippen LogP contribution is 2.26. The van der Waals surface area contributed by atoms with Crippen molar-refractivity contribution in [2.75, 3.05) is 20.2 Å².